The Labute approximate surface area is 78.4 Å². The summed E-state index contributed by atoms with van der Waals surface area (Å²) >= 11 is 0. The molecule has 0 unspecified atom stereocenters. The fraction of sp³-hybridized carbons (Fsp3) is 0.250. The minimum Gasteiger partial charge on any atom is -0.506 e. The molecule has 0 aliphatic carbocycles. The quantitative estimate of drug-likeness (QED) is 0.717. The predicted octanol–water partition coefficient (Wildman–Crippen LogP) is 0.996. The number of alkyl halides is 2. The van der Waals surface area contributed by atoms with Gasteiger partial charge in [-0.3, -0.25) is 4.79 Å². The number of aromatic nitrogens is 1. The second-order valence-electron chi connectivity index (χ2n) is 2.54. The van der Waals surface area contributed by atoms with Crippen LogP contribution in [-0.2, 0) is 6.54 Å². The van der Waals surface area contributed by atoms with Gasteiger partial charge in [-0.25, -0.2) is 13.8 Å². The Kier molecular flexibility index (Phi) is 3.08. The zero-order valence-corrected chi connectivity index (χ0v) is 7.08. The minimum atomic E-state index is -2.88. The molecule has 0 spiro atoms. The molecule has 0 amide bonds. The van der Waals surface area contributed by atoms with E-state index in [-0.39, 0.29) is 18.4 Å². The Bertz CT molecular complexity index is 355. The summed E-state index contributed by atoms with van der Waals surface area (Å²) in [5.41, 5.74) is 4.05. The third-order valence-corrected chi connectivity index (χ3v) is 1.77. The van der Waals surface area contributed by atoms with E-state index in [4.69, 9.17) is 10.8 Å². The predicted molar refractivity (Wildman–Crippen MR) is 44.1 cm³/mol. The number of rotatable bonds is 3. The highest BCUT2D eigenvalue weighted by molar-refractivity contribution is 5.75. The van der Waals surface area contributed by atoms with E-state index in [2.05, 4.69) is 4.98 Å². The van der Waals surface area contributed by atoms with Gasteiger partial charge < -0.3 is 10.8 Å². The van der Waals surface area contributed by atoms with Gasteiger partial charge in [-0.1, -0.05) is 0 Å². The molecular weight excluding hydrogens is 194 g/mol. The van der Waals surface area contributed by atoms with Gasteiger partial charge >= 0.3 is 0 Å². The van der Waals surface area contributed by atoms with E-state index < -0.39 is 23.4 Å². The van der Waals surface area contributed by atoms with Gasteiger partial charge in [0.15, 0.2) is 6.29 Å². The summed E-state index contributed by atoms with van der Waals surface area (Å²) in [6, 6.07) is 0. The van der Waals surface area contributed by atoms with Crippen LogP contribution in [0.3, 0.4) is 0 Å². The van der Waals surface area contributed by atoms with Crippen molar-refractivity contribution >= 4 is 6.29 Å². The van der Waals surface area contributed by atoms with Crippen molar-refractivity contribution in [2.75, 3.05) is 0 Å². The first-order valence-electron chi connectivity index (χ1n) is 3.76. The van der Waals surface area contributed by atoms with Crippen LogP contribution in [0.15, 0.2) is 6.20 Å². The molecule has 0 saturated carbocycles. The third kappa shape index (κ3) is 1.69. The fourth-order valence-corrected chi connectivity index (χ4v) is 1.12. The first-order chi connectivity index (χ1) is 6.61. The number of nitrogens with two attached hydrogens (primary N) is 1. The molecule has 0 aliphatic rings. The Balaban J connectivity index is 3.43. The Hall–Kier alpha value is -1.56. The average molecular weight is 202 g/mol. The van der Waals surface area contributed by atoms with Crippen molar-refractivity contribution in [1.82, 2.24) is 4.98 Å². The van der Waals surface area contributed by atoms with Crippen LogP contribution in [-0.4, -0.2) is 16.4 Å². The van der Waals surface area contributed by atoms with Crippen LogP contribution in [0.5, 0.6) is 5.75 Å². The van der Waals surface area contributed by atoms with Gasteiger partial charge in [-0.15, -0.1) is 0 Å². The third-order valence-electron chi connectivity index (χ3n) is 1.77. The zero-order chi connectivity index (χ0) is 10.7. The van der Waals surface area contributed by atoms with E-state index in [0.29, 0.717) is 0 Å². The lowest BCUT2D eigenvalue weighted by atomic mass is 10.1. The smallest absolute Gasteiger partial charge is 0.266 e. The maximum Gasteiger partial charge on any atom is 0.266 e. The number of hydrogen-bond donors (Lipinski definition) is 2. The lowest BCUT2D eigenvalue weighted by Gasteiger charge is -2.09. The van der Waals surface area contributed by atoms with Gasteiger partial charge in [0, 0.05) is 12.1 Å². The molecule has 0 fully saturated rings. The van der Waals surface area contributed by atoms with Crippen molar-refractivity contribution in [3.05, 3.63) is 23.0 Å². The summed E-state index contributed by atoms with van der Waals surface area (Å²) in [6.07, 6.45) is -1.74. The molecular formula is C8H8F2N2O2. The maximum atomic E-state index is 12.5. The SMILES string of the molecule is NCc1c(O)cnc(C=O)c1C(F)F. The van der Waals surface area contributed by atoms with Gasteiger partial charge in [0.05, 0.1) is 11.8 Å². The second kappa shape index (κ2) is 4.10. The highest BCUT2D eigenvalue weighted by Gasteiger charge is 2.20. The summed E-state index contributed by atoms with van der Waals surface area (Å²) in [5.74, 6) is -0.423. The summed E-state index contributed by atoms with van der Waals surface area (Å²) in [7, 11) is 0. The zero-order valence-electron chi connectivity index (χ0n) is 7.08. The van der Waals surface area contributed by atoms with Crippen LogP contribution in [0.25, 0.3) is 0 Å². The van der Waals surface area contributed by atoms with E-state index in [1.807, 2.05) is 0 Å². The van der Waals surface area contributed by atoms with E-state index >= 15 is 0 Å². The molecule has 1 aromatic rings. The first-order valence-corrected chi connectivity index (χ1v) is 3.76. The molecule has 0 radical (unpaired) electrons. The van der Waals surface area contributed by atoms with Crippen LogP contribution in [0.4, 0.5) is 8.78 Å². The highest BCUT2D eigenvalue weighted by atomic mass is 19.3. The normalized spacial score (nSPS) is 10.6. The number of aromatic hydroxyl groups is 1. The van der Waals surface area contributed by atoms with E-state index in [9.17, 15) is 13.6 Å². The molecule has 3 N–H and O–H groups in total. The van der Waals surface area contributed by atoms with E-state index in [1.165, 1.54) is 0 Å². The molecule has 14 heavy (non-hydrogen) atoms. The molecule has 1 aromatic heterocycles. The van der Waals surface area contributed by atoms with Crippen molar-refractivity contribution in [2.24, 2.45) is 5.73 Å². The molecule has 6 heteroatoms. The van der Waals surface area contributed by atoms with Crippen molar-refractivity contribution in [3.8, 4) is 5.75 Å². The Morgan fingerprint density at radius 3 is 2.71 bits per heavy atom. The Morgan fingerprint density at radius 2 is 2.29 bits per heavy atom. The van der Waals surface area contributed by atoms with Crippen LogP contribution in [0.2, 0.25) is 0 Å². The Morgan fingerprint density at radius 1 is 1.64 bits per heavy atom. The van der Waals surface area contributed by atoms with Crippen LogP contribution in [0.1, 0.15) is 28.0 Å². The van der Waals surface area contributed by atoms with E-state index in [0.717, 1.165) is 6.20 Å². The maximum absolute atomic E-state index is 12.5. The molecule has 76 valence electrons. The second-order valence-corrected chi connectivity index (χ2v) is 2.54. The molecule has 0 atom stereocenters. The first kappa shape index (κ1) is 10.5. The summed E-state index contributed by atoms with van der Waals surface area (Å²) in [5, 5.41) is 9.17. The van der Waals surface area contributed by atoms with Crippen molar-refractivity contribution in [2.45, 2.75) is 13.0 Å². The molecule has 1 rings (SSSR count). The molecule has 4 nitrogen and oxygen atoms in total. The number of nitrogens with zero attached hydrogens (tertiary/aromatic N) is 1. The molecule has 0 aromatic carbocycles. The van der Waals surface area contributed by atoms with Crippen molar-refractivity contribution in [1.29, 1.82) is 0 Å². The topological polar surface area (TPSA) is 76.2 Å². The monoisotopic (exact) mass is 202 g/mol. The average Bonchev–Trinajstić information content (AvgIpc) is 2.17. The molecule has 0 aliphatic heterocycles. The van der Waals surface area contributed by atoms with Crippen LogP contribution >= 0.6 is 0 Å². The van der Waals surface area contributed by atoms with Crippen LogP contribution < -0.4 is 5.73 Å². The van der Waals surface area contributed by atoms with Gasteiger partial charge in [0.2, 0.25) is 0 Å². The number of carbonyl (C=O) groups excluding carboxylic acids is 1. The number of carbonyl (C=O) groups is 1. The number of halogens is 2. The largest absolute Gasteiger partial charge is 0.506 e. The van der Waals surface area contributed by atoms with Crippen molar-refractivity contribution in [3.63, 3.8) is 0 Å². The molecule has 0 saturated heterocycles. The number of hydrogen-bond acceptors (Lipinski definition) is 4. The summed E-state index contributed by atoms with van der Waals surface area (Å²) < 4.78 is 25.0. The lowest BCUT2D eigenvalue weighted by Crippen LogP contribution is -2.07. The molecule has 0 bridgehead atoms. The standard InChI is InChI=1S/C8H8F2N2O2/c9-8(10)7-4(1-11)6(14)2-12-5(7)3-13/h2-3,8,14H,1,11H2. The van der Waals surface area contributed by atoms with Crippen molar-refractivity contribution < 1.29 is 18.7 Å². The number of pyridine rings is 1. The van der Waals surface area contributed by atoms with Gasteiger partial charge in [0.25, 0.3) is 6.43 Å². The summed E-state index contributed by atoms with van der Waals surface area (Å²) in [4.78, 5) is 13.8. The fourth-order valence-electron chi connectivity index (χ4n) is 1.12. The number of aldehydes is 1. The lowest BCUT2D eigenvalue weighted by molar-refractivity contribution is 0.110. The van der Waals surface area contributed by atoms with Gasteiger partial charge in [-0.05, 0) is 0 Å². The highest BCUT2D eigenvalue weighted by Crippen LogP contribution is 2.29. The van der Waals surface area contributed by atoms with Gasteiger partial charge in [0.1, 0.15) is 11.4 Å². The van der Waals surface area contributed by atoms with Gasteiger partial charge in [-0.2, -0.15) is 0 Å². The summed E-state index contributed by atoms with van der Waals surface area (Å²) in [6.45, 7) is -0.269. The molecule has 1 heterocycles. The van der Waals surface area contributed by atoms with E-state index in [1.54, 1.807) is 0 Å². The minimum absolute atomic E-state index is 0.142. The van der Waals surface area contributed by atoms with Crippen LogP contribution in [0, 0.1) is 0 Å².